The largest absolute Gasteiger partial charge is 0.495 e. The van der Waals surface area contributed by atoms with E-state index in [1.54, 1.807) is 26.4 Å². The third kappa shape index (κ3) is 4.52. The van der Waals surface area contributed by atoms with E-state index in [4.69, 9.17) is 9.47 Å². The van der Waals surface area contributed by atoms with E-state index >= 15 is 0 Å². The molecule has 0 spiro atoms. The van der Waals surface area contributed by atoms with Crippen LogP contribution in [0.3, 0.4) is 0 Å². The zero-order valence-electron chi connectivity index (χ0n) is 20.3. The normalized spacial score (nSPS) is 11.4. The fraction of sp³-hybridized carbons (Fsp3) is 0.269. The number of para-hydroxylation sites is 1. The molecule has 2 heterocycles. The number of nitrogens with one attached hydrogen (secondary N) is 2. The smallest absolute Gasteiger partial charge is 0.272 e. The molecule has 34 heavy (non-hydrogen) atoms. The molecule has 0 aliphatic carbocycles. The van der Waals surface area contributed by atoms with Crippen LogP contribution in [0.25, 0.3) is 10.9 Å². The lowest BCUT2D eigenvalue weighted by molar-refractivity contribution is 0.101. The SMILES string of the molecule is CNc1nccc(Oc2cccc3cc(C(=O)Nc4cc(C(C)(C)C)ccc4OC)n(C)c23)n1. The molecule has 2 aromatic carbocycles. The highest BCUT2D eigenvalue weighted by Crippen LogP contribution is 2.34. The number of fused-ring (bicyclic) bond motifs is 1. The van der Waals surface area contributed by atoms with Crippen LogP contribution in [0, 0.1) is 0 Å². The fourth-order valence-corrected chi connectivity index (χ4v) is 3.77. The quantitative estimate of drug-likeness (QED) is 0.403. The summed E-state index contributed by atoms with van der Waals surface area (Å²) in [6, 6.07) is 15.1. The van der Waals surface area contributed by atoms with Gasteiger partial charge in [-0.15, -0.1) is 0 Å². The Hall–Kier alpha value is -4.07. The molecule has 2 aromatic heterocycles. The molecule has 4 aromatic rings. The second-order valence-corrected chi connectivity index (χ2v) is 8.97. The van der Waals surface area contributed by atoms with Crippen LogP contribution in [-0.2, 0) is 12.5 Å². The van der Waals surface area contributed by atoms with Crippen molar-refractivity contribution in [2.45, 2.75) is 26.2 Å². The highest BCUT2D eigenvalue weighted by molar-refractivity contribution is 6.07. The Morgan fingerprint density at radius 1 is 1.06 bits per heavy atom. The predicted octanol–water partition coefficient (Wildman–Crippen LogP) is 5.36. The molecule has 0 aliphatic heterocycles. The number of carbonyl (C=O) groups excluding carboxylic acids is 1. The maximum absolute atomic E-state index is 13.3. The molecule has 0 radical (unpaired) electrons. The summed E-state index contributed by atoms with van der Waals surface area (Å²) >= 11 is 0. The standard InChI is InChI=1S/C26H29N5O3/c1-26(2,3)17-10-11-20(33-6)18(15-17)29-24(32)19-14-16-8-7-9-21(23(16)31(19)5)34-22-12-13-28-25(27-4)30-22/h7-15H,1-6H3,(H,29,32)(H,27,28,30). The number of rotatable bonds is 6. The van der Waals surface area contributed by atoms with Crippen LogP contribution in [0.15, 0.2) is 54.7 Å². The molecule has 0 saturated carbocycles. The van der Waals surface area contributed by atoms with Crippen LogP contribution in [-0.4, -0.2) is 34.6 Å². The minimum Gasteiger partial charge on any atom is -0.495 e. The molecule has 0 atom stereocenters. The summed E-state index contributed by atoms with van der Waals surface area (Å²) in [5.74, 6) is 1.82. The lowest BCUT2D eigenvalue weighted by atomic mass is 9.87. The van der Waals surface area contributed by atoms with Gasteiger partial charge in [0.1, 0.15) is 11.4 Å². The minimum atomic E-state index is -0.242. The Morgan fingerprint density at radius 2 is 1.85 bits per heavy atom. The average Bonchev–Trinajstić information content (AvgIpc) is 3.16. The van der Waals surface area contributed by atoms with Gasteiger partial charge in [0.2, 0.25) is 11.8 Å². The predicted molar refractivity (Wildman–Crippen MR) is 134 cm³/mol. The number of ether oxygens (including phenoxy) is 2. The summed E-state index contributed by atoms with van der Waals surface area (Å²) in [7, 11) is 5.18. The number of hydrogen-bond donors (Lipinski definition) is 2. The summed E-state index contributed by atoms with van der Waals surface area (Å²) in [6.45, 7) is 6.38. The number of aromatic nitrogens is 3. The van der Waals surface area contributed by atoms with Crippen LogP contribution in [0.2, 0.25) is 0 Å². The van der Waals surface area contributed by atoms with Gasteiger partial charge >= 0.3 is 0 Å². The van der Waals surface area contributed by atoms with Crippen molar-refractivity contribution in [3.63, 3.8) is 0 Å². The van der Waals surface area contributed by atoms with Crippen molar-refractivity contribution < 1.29 is 14.3 Å². The van der Waals surface area contributed by atoms with Crippen LogP contribution in [0.5, 0.6) is 17.4 Å². The first kappa shape index (κ1) is 23.1. The van der Waals surface area contributed by atoms with E-state index < -0.39 is 0 Å². The third-order valence-electron chi connectivity index (χ3n) is 5.63. The Labute approximate surface area is 198 Å². The minimum absolute atomic E-state index is 0.0637. The maximum Gasteiger partial charge on any atom is 0.272 e. The van der Waals surface area contributed by atoms with Crippen molar-refractivity contribution in [1.29, 1.82) is 0 Å². The highest BCUT2D eigenvalue weighted by atomic mass is 16.5. The first-order chi connectivity index (χ1) is 16.2. The monoisotopic (exact) mass is 459 g/mol. The number of carbonyl (C=O) groups is 1. The van der Waals surface area contributed by atoms with Crippen molar-refractivity contribution in [3.05, 3.63) is 66.0 Å². The Kier molecular flexibility index (Phi) is 6.15. The summed E-state index contributed by atoms with van der Waals surface area (Å²) in [5, 5.41) is 6.80. The molecule has 2 N–H and O–H groups in total. The van der Waals surface area contributed by atoms with E-state index in [-0.39, 0.29) is 11.3 Å². The first-order valence-corrected chi connectivity index (χ1v) is 11.0. The van der Waals surface area contributed by atoms with Crippen molar-refractivity contribution in [2.24, 2.45) is 7.05 Å². The van der Waals surface area contributed by atoms with Crippen LogP contribution >= 0.6 is 0 Å². The van der Waals surface area contributed by atoms with Gasteiger partial charge in [-0.2, -0.15) is 4.98 Å². The second kappa shape index (κ2) is 9.05. The molecule has 0 fully saturated rings. The van der Waals surface area contributed by atoms with Crippen LogP contribution in [0.4, 0.5) is 11.6 Å². The lowest BCUT2D eigenvalue weighted by Crippen LogP contribution is -2.17. The molecule has 0 saturated heterocycles. The van der Waals surface area contributed by atoms with Gasteiger partial charge in [0.25, 0.3) is 5.91 Å². The number of hydrogen-bond acceptors (Lipinski definition) is 6. The van der Waals surface area contributed by atoms with Gasteiger partial charge in [0.15, 0.2) is 5.75 Å². The zero-order valence-corrected chi connectivity index (χ0v) is 20.3. The summed E-state index contributed by atoms with van der Waals surface area (Å²) < 4.78 is 13.4. The molecular weight excluding hydrogens is 430 g/mol. The maximum atomic E-state index is 13.3. The van der Waals surface area contributed by atoms with E-state index in [1.165, 1.54) is 0 Å². The fourth-order valence-electron chi connectivity index (χ4n) is 3.77. The topological polar surface area (TPSA) is 90.3 Å². The number of benzene rings is 2. The van der Waals surface area contributed by atoms with Crippen molar-refractivity contribution >= 4 is 28.4 Å². The number of anilines is 2. The Morgan fingerprint density at radius 3 is 2.56 bits per heavy atom. The molecule has 8 heteroatoms. The van der Waals surface area contributed by atoms with Gasteiger partial charge in [-0.3, -0.25) is 4.79 Å². The molecule has 8 nitrogen and oxygen atoms in total. The van der Waals surface area contributed by atoms with Crippen molar-refractivity contribution in [3.8, 4) is 17.4 Å². The third-order valence-corrected chi connectivity index (χ3v) is 5.63. The lowest BCUT2D eigenvalue weighted by Gasteiger charge is -2.21. The van der Waals surface area contributed by atoms with Gasteiger partial charge in [-0.25, -0.2) is 4.98 Å². The van der Waals surface area contributed by atoms with E-state index in [1.807, 2.05) is 54.1 Å². The van der Waals surface area contributed by atoms with E-state index in [9.17, 15) is 4.79 Å². The highest BCUT2D eigenvalue weighted by Gasteiger charge is 2.20. The van der Waals surface area contributed by atoms with Gasteiger partial charge < -0.3 is 24.7 Å². The second-order valence-electron chi connectivity index (χ2n) is 8.97. The molecular formula is C26H29N5O3. The molecule has 0 aliphatic rings. The first-order valence-electron chi connectivity index (χ1n) is 11.0. The molecule has 0 bridgehead atoms. The molecule has 1 amide bonds. The number of methoxy groups -OCH3 is 1. The summed E-state index contributed by atoms with van der Waals surface area (Å²) in [6.07, 6.45) is 1.62. The molecule has 0 unspecified atom stereocenters. The van der Waals surface area contributed by atoms with E-state index in [0.717, 1.165) is 16.5 Å². The van der Waals surface area contributed by atoms with Gasteiger partial charge in [-0.1, -0.05) is 39.0 Å². The molecule has 176 valence electrons. The van der Waals surface area contributed by atoms with Crippen LogP contribution < -0.4 is 20.1 Å². The number of nitrogens with zero attached hydrogens (tertiary/aromatic N) is 3. The van der Waals surface area contributed by atoms with Gasteiger partial charge in [0, 0.05) is 31.7 Å². The number of aryl methyl sites for hydroxylation is 1. The summed E-state index contributed by atoms with van der Waals surface area (Å²) in [5.41, 5.74) is 2.94. The Bertz CT molecular complexity index is 1350. The Balaban J connectivity index is 1.69. The summed E-state index contributed by atoms with van der Waals surface area (Å²) in [4.78, 5) is 21.8. The van der Waals surface area contributed by atoms with Gasteiger partial charge in [-0.05, 0) is 35.2 Å². The van der Waals surface area contributed by atoms with E-state index in [0.29, 0.717) is 34.7 Å². The van der Waals surface area contributed by atoms with Crippen molar-refractivity contribution in [2.75, 3.05) is 24.8 Å². The molecule has 4 rings (SSSR count). The van der Waals surface area contributed by atoms with Crippen LogP contribution in [0.1, 0.15) is 36.8 Å². The number of amides is 1. The van der Waals surface area contributed by atoms with Crippen molar-refractivity contribution in [1.82, 2.24) is 14.5 Å². The van der Waals surface area contributed by atoms with Gasteiger partial charge in [0.05, 0.1) is 18.3 Å². The zero-order chi connectivity index (χ0) is 24.5. The van der Waals surface area contributed by atoms with E-state index in [2.05, 4.69) is 41.4 Å². The average molecular weight is 460 g/mol.